The van der Waals surface area contributed by atoms with E-state index in [1.54, 1.807) is 0 Å². The third-order valence-electron chi connectivity index (χ3n) is 5.96. The van der Waals surface area contributed by atoms with Gasteiger partial charge in [0.05, 0.1) is 11.7 Å². The monoisotopic (exact) mass is 318 g/mol. The van der Waals surface area contributed by atoms with Gasteiger partial charge < -0.3 is 4.90 Å². The van der Waals surface area contributed by atoms with E-state index in [4.69, 9.17) is 0 Å². The van der Waals surface area contributed by atoms with Gasteiger partial charge in [0.15, 0.2) is 0 Å². The molecular formula is C19H34N4. The van der Waals surface area contributed by atoms with Crippen molar-refractivity contribution < 1.29 is 0 Å². The number of nitrogens with zero attached hydrogens (tertiary/aromatic N) is 4. The summed E-state index contributed by atoms with van der Waals surface area (Å²) in [7, 11) is 0. The van der Waals surface area contributed by atoms with Crippen molar-refractivity contribution in [2.24, 2.45) is 5.92 Å². The summed E-state index contributed by atoms with van der Waals surface area (Å²) in [5.41, 5.74) is 1.25. The van der Waals surface area contributed by atoms with Crippen molar-refractivity contribution in [3.8, 4) is 0 Å². The van der Waals surface area contributed by atoms with Gasteiger partial charge >= 0.3 is 0 Å². The highest BCUT2D eigenvalue weighted by Gasteiger charge is 2.26. The second kappa shape index (κ2) is 7.78. The van der Waals surface area contributed by atoms with Crippen molar-refractivity contribution >= 4 is 0 Å². The van der Waals surface area contributed by atoms with Crippen LogP contribution in [0.5, 0.6) is 0 Å². The first-order valence-corrected chi connectivity index (χ1v) is 9.79. The molecule has 1 aliphatic carbocycles. The number of hydrogen-bond acceptors (Lipinski definition) is 3. The van der Waals surface area contributed by atoms with Gasteiger partial charge in [0.1, 0.15) is 0 Å². The van der Waals surface area contributed by atoms with Gasteiger partial charge in [0.2, 0.25) is 0 Å². The first-order chi connectivity index (χ1) is 11.1. The van der Waals surface area contributed by atoms with Gasteiger partial charge in [-0.25, -0.2) is 4.68 Å². The molecule has 1 saturated heterocycles. The Labute approximate surface area is 141 Å². The van der Waals surface area contributed by atoms with Crippen LogP contribution in [0.4, 0.5) is 0 Å². The van der Waals surface area contributed by atoms with E-state index in [1.807, 2.05) is 0 Å². The molecule has 0 N–H and O–H groups in total. The highest BCUT2D eigenvalue weighted by Crippen LogP contribution is 2.33. The van der Waals surface area contributed by atoms with Crippen molar-refractivity contribution in [3.05, 3.63) is 11.9 Å². The number of rotatable bonds is 6. The molecule has 2 heterocycles. The molecule has 0 bridgehead atoms. The zero-order valence-corrected chi connectivity index (χ0v) is 15.2. The highest BCUT2D eigenvalue weighted by atomic mass is 15.4. The van der Waals surface area contributed by atoms with E-state index in [1.165, 1.54) is 70.2 Å². The second-order valence-corrected chi connectivity index (χ2v) is 8.19. The fraction of sp³-hybridized carbons (Fsp3) is 0.895. The van der Waals surface area contributed by atoms with Crippen molar-refractivity contribution in [1.82, 2.24) is 19.9 Å². The first-order valence-electron chi connectivity index (χ1n) is 9.79. The molecule has 1 aromatic heterocycles. The Bertz CT molecular complexity index is 467. The SMILES string of the molecule is CC(C)CCC(C)N1CCC(n2cc(C3CCCC3)nn2)CC1. The summed E-state index contributed by atoms with van der Waals surface area (Å²) in [5, 5.41) is 8.94. The van der Waals surface area contributed by atoms with Gasteiger partial charge in [-0.15, -0.1) is 5.10 Å². The Hall–Kier alpha value is -0.900. The summed E-state index contributed by atoms with van der Waals surface area (Å²) in [4.78, 5) is 2.67. The van der Waals surface area contributed by atoms with Crippen molar-refractivity contribution in [2.75, 3.05) is 13.1 Å². The summed E-state index contributed by atoms with van der Waals surface area (Å²) in [6.45, 7) is 9.47. The lowest BCUT2D eigenvalue weighted by Crippen LogP contribution is -2.40. The topological polar surface area (TPSA) is 34.0 Å². The lowest BCUT2D eigenvalue weighted by atomic mass is 9.99. The molecule has 0 spiro atoms. The zero-order chi connectivity index (χ0) is 16.2. The lowest BCUT2D eigenvalue weighted by molar-refractivity contribution is 0.129. The summed E-state index contributed by atoms with van der Waals surface area (Å²) in [5.74, 6) is 1.50. The minimum atomic E-state index is 0.561. The Morgan fingerprint density at radius 2 is 1.74 bits per heavy atom. The Balaban J connectivity index is 1.48. The molecule has 4 heteroatoms. The Morgan fingerprint density at radius 1 is 1.04 bits per heavy atom. The average molecular weight is 319 g/mol. The normalized spacial score (nSPS) is 23.0. The molecule has 0 aromatic carbocycles. The molecule has 0 radical (unpaired) electrons. The molecule has 1 aromatic rings. The number of aromatic nitrogens is 3. The van der Waals surface area contributed by atoms with Gasteiger partial charge in [0, 0.05) is 31.2 Å². The van der Waals surface area contributed by atoms with Gasteiger partial charge in [0.25, 0.3) is 0 Å². The molecule has 3 rings (SSSR count). The van der Waals surface area contributed by atoms with Crippen LogP contribution in [0.3, 0.4) is 0 Å². The van der Waals surface area contributed by atoms with E-state index in [2.05, 4.69) is 46.9 Å². The van der Waals surface area contributed by atoms with Crippen LogP contribution in [0.2, 0.25) is 0 Å². The highest BCUT2D eigenvalue weighted by molar-refractivity contribution is 5.04. The van der Waals surface area contributed by atoms with E-state index in [-0.39, 0.29) is 0 Å². The number of hydrogen-bond donors (Lipinski definition) is 0. The maximum absolute atomic E-state index is 4.48. The summed E-state index contributed by atoms with van der Waals surface area (Å²) in [6.07, 6.45) is 12.7. The molecule has 1 saturated carbocycles. The van der Waals surface area contributed by atoms with E-state index in [9.17, 15) is 0 Å². The van der Waals surface area contributed by atoms with Crippen LogP contribution in [-0.2, 0) is 0 Å². The van der Waals surface area contributed by atoms with Crippen LogP contribution in [0.1, 0.15) is 89.8 Å². The molecule has 130 valence electrons. The van der Waals surface area contributed by atoms with Crippen LogP contribution >= 0.6 is 0 Å². The molecule has 1 unspecified atom stereocenters. The van der Waals surface area contributed by atoms with Gasteiger partial charge in [-0.3, -0.25) is 0 Å². The molecule has 2 fully saturated rings. The molecule has 23 heavy (non-hydrogen) atoms. The lowest BCUT2D eigenvalue weighted by Gasteiger charge is -2.36. The van der Waals surface area contributed by atoms with E-state index >= 15 is 0 Å². The van der Waals surface area contributed by atoms with Gasteiger partial charge in [-0.1, -0.05) is 31.9 Å². The predicted molar refractivity (Wildman–Crippen MR) is 94.6 cm³/mol. The van der Waals surface area contributed by atoms with E-state index < -0.39 is 0 Å². The Morgan fingerprint density at radius 3 is 2.39 bits per heavy atom. The number of likely N-dealkylation sites (tertiary alicyclic amines) is 1. The fourth-order valence-electron chi connectivity index (χ4n) is 4.23. The maximum Gasteiger partial charge on any atom is 0.0858 e. The molecule has 4 nitrogen and oxygen atoms in total. The third kappa shape index (κ3) is 4.34. The summed E-state index contributed by atoms with van der Waals surface area (Å²) >= 11 is 0. The molecule has 2 aliphatic rings. The first kappa shape index (κ1) is 16.9. The molecule has 1 aliphatic heterocycles. The van der Waals surface area contributed by atoms with E-state index in [0.717, 1.165) is 12.0 Å². The molecule has 1 atom stereocenters. The smallest absolute Gasteiger partial charge is 0.0858 e. The number of piperidine rings is 1. The van der Waals surface area contributed by atoms with Gasteiger partial charge in [-0.05, 0) is 51.4 Å². The zero-order valence-electron chi connectivity index (χ0n) is 15.2. The predicted octanol–water partition coefficient (Wildman–Crippen LogP) is 4.40. The third-order valence-corrected chi connectivity index (χ3v) is 5.96. The quantitative estimate of drug-likeness (QED) is 0.779. The van der Waals surface area contributed by atoms with Crippen molar-refractivity contribution in [3.63, 3.8) is 0 Å². The van der Waals surface area contributed by atoms with Crippen LogP contribution in [-0.4, -0.2) is 39.0 Å². The van der Waals surface area contributed by atoms with Gasteiger partial charge in [-0.2, -0.15) is 0 Å². The summed E-state index contributed by atoms with van der Waals surface area (Å²) < 4.78 is 2.17. The Kier molecular flexibility index (Phi) is 5.73. The van der Waals surface area contributed by atoms with Crippen LogP contribution in [0.15, 0.2) is 6.20 Å². The van der Waals surface area contributed by atoms with E-state index in [0.29, 0.717) is 12.0 Å². The standard InChI is InChI=1S/C19H34N4/c1-15(2)8-9-16(3)22-12-10-18(11-13-22)23-14-19(20-21-23)17-6-4-5-7-17/h14-18H,4-13H2,1-3H3. The van der Waals surface area contributed by atoms with Crippen molar-refractivity contribution in [2.45, 2.75) is 90.1 Å². The fourth-order valence-corrected chi connectivity index (χ4v) is 4.23. The van der Waals surface area contributed by atoms with Crippen LogP contribution in [0, 0.1) is 5.92 Å². The van der Waals surface area contributed by atoms with Crippen LogP contribution in [0.25, 0.3) is 0 Å². The van der Waals surface area contributed by atoms with Crippen molar-refractivity contribution in [1.29, 1.82) is 0 Å². The molecule has 0 amide bonds. The molecular weight excluding hydrogens is 284 g/mol. The van der Waals surface area contributed by atoms with Crippen LogP contribution < -0.4 is 0 Å². The minimum absolute atomic E-state index is 0.561. The largest absolute Gasteiger partial charge is 0.301 e. The maximum atomic E-state index is 4.48. The second-order valence-electron chi connectivity index (χ2n) is 8.19. The average Bonchev–Trinajstić information content (AvgIpc) is 3.23. The summed E-state index contributed by atoms with van der Waals surface area (Å²) in [6, 6.07) is 1.29. The minimum Gasteiger partial charge on any atom is -0.301 e.